The molecule has 0 saturated heterocycles. The first kappa shape index (κ1) is 13.5. The van der Waals surface area contributed by atoms with Crippen LogP contribution in [0, 0.1) is 0 Å². The van der Waals surface area contributed by atoms with Gasteiger partial charge in [0.05, 0.1) is 0 Å². The molecule has 1 unspecified atom stereocenters. The van der Waals surface area contributed by atoms with E-state index in [-0.39, 0.29) is 12.0 Å². The van der Waals surface area contributed by atoms with Gasteiger partial charge in [-0.05, 0) is 35.7 Å². The SMILES string of the molecule is CC(Cc1ccsc1)Nc1nc(N)nc(-n2ccnc2)n1. The van der Waals surface area contributed by atoms with Gasteiger partial charge in [-0.25, -0.2) is 4.98 Å². The Morgan fingerprint density at radius 2 is 2.29 bits per heavy atom. The van der Waals surface area contributed by atoms with Gasteiger partial charge in [-0.2, -0.15) is 26.3 Å². The number of nitrogens with two attached hydrogens (primary N) is 1. The lowest BCUT2D eigenvalue weighted by molar-refractivity contribution is 0.772. The Balaban J connectivity index is 1.76. The fourth-order valence-electron chi connectivity index (χ4n) is 1.97. The van der Waals surface area contributed by atoms with Gasteiger partial charge in [0.1, 0.15) is 6.33 Å². The predicted octanol–water partition coefficient (Wildman–Crippen LogP) is 1.74. The van der Waals surface area contributed by atoms with E-state index in [0.717, 1.165) is 6.42 Å². The van der Waals surface area contributed by atoms with Crippen molar-refractivity contribution in [2.24, 2.45) is 0 Å². The topological polar surface area (TPSA) is 94.5 Å². The molecule has 0 amide bonds. The van der Waals surface area contributed by atoms with E-state index in [1.807, 2.05) is 0 Å². The number of anilines is 2. The zero-order valence-corrected chi connectivity index (χ0v) is 12.3. The Kier molecular flexibility index (Phi) is 3.78. The summed E-state index contributed by atoms with van der Waals surface area (Å²) in [7, 11) is 0. The Labute approximate surface area is 125 Å². The van der Waals surface area contributed by atoms with Crippen molar-refractivity contribution in [3.8, 4) is 5.95 Å². The number of nitrogens with one attached hydrogen (secondary N) is 1. The molecule has 3 rings (SSSR count). The van der Waals surface area contributed by atoms with E-state index in [4.69, 9.17) is 5.73 Å². The summed E-state index contributed by atoms with van der Waals surface area (Å²) in [6.45, 7) is 2.08. The molecular formula is C13H15N7S. The van der Waals surface area contributed by atoms with Crippen molar-refractivity contribution in [2.75, 3.05) is 11.1 Å². The van der Waals surface area contributed by atoms with Crippen LogP contribution in [-0.2, 0) is 6.42 Å². The molecule has 3 aromatic heterocycles. The molecule has 0 radical (unpaired) electrons. The Morgan fingerprint density at radius 1 is 1.38 bits per heavy atom. The van der Waals surface area contributed by atoms with Gasteiger partial charge < -0.3 is 11.1 Å². The number of thiophene rings is 1. The molecule has 0 fully saturated rings. The highest BCUT2D eigenvalue weighted by atomic mass is 32.1. The van der Waals surface area contributed by atoms with Gasteiger partial charge in [0, 0.05) is 18.4 Å². The van der Waals surface area contributed by atoms with E-state index in [2.05, 4.69) is 49.0 Å². The molecule has 3 N–H and O–H groups in total. The van der Waals surface area contributed by atoms with E-state index in [1.54, 1.807) is 34.6 Å². The molecule has 0 aliphatic rings. The first-order valence-electron chi connectivity index (χ1n) is 6.48. The van der Waals surface area contributed by atoms with Crippen LogP contribution in [0.25, 0.3) is 5.95 Å². The molecule has 0 bridgehead atoms. The van der Waals surface area contributed by atoms with Crippen LogP contribution in [0.3, 0.4) is 0 Å². The average Bonchev–Trinajstić information content (AvgIpc) is 3.10. The second kappa shape index (κ2) is 5.88. The predicted molar refractivity (Wildman–Crippen MR) is 82.5 cm³/mol. The molecule has 21 heavy (non-hydrogen) atoms. The number of aromatic nitrogens is 5. The molecule has 1 atom stereocenters. The number of rotatable bonds is 5. The molecule has 8 heteroatoms. The minimum absolute atomic E-state index is 0.180. The molecule has 3 heterocycles. The third-order valence-electron chi connectivity index (χ3n) is 2.87. The lowest BCUT2D eigenvalue weighted by Crippen LogP contribution is -2.21. The monoisotopic (exact) mass is 301 g/mol. The van der Waals surface area contributed by atoms with Crippen LogP contribution in [0.15, 0.2) is 35.5 Å². The fraction of sp³-hybridized carbons (Fsp3) is 0.231. The van der Waals surface area contributed by atoms with E-state index in [9.17, 15) is 0 Å². The summed E-state index contributed by atoms with van der Waals surface area (Å²) in [6.07, 6.45) is 5.93. The van der Waals surface area contributed by atoms with Crippen LogP contribution in [-0.4, -0.2) is 30.5 Å². The van der Waals surface area contributed by atoms with Crippen molar-refractivity contribution >= 4 is 23.2 Å². The highest BCUT2D eigenvalue weighted by Crippen LogP contribution is 2.12. The second-order valence-corrected chi connectivity index (χ2v) is 5.45. The quantitative estimate of drug-likeness (QED) is 0.745. The lowest BCUT2D eigenvalue weighted by Gasteiger charge is -2.13. The Morgan fingerprint density at radius 3 is 3.00 bits per heavy atom. The molecule has 108 valence electrons. The summed E-state index contributed by atoms with van der Waals surface area (Å²) < 4.78 is 1.69. The maximum absolute atomic E-state index is 5.74. The fourth-order valence-corrected chi connectivity index (χ4v) is 2.65. The summed E-state index contributed by atoms with van der Waals surface area (Å²) in [5.41, 5.74) is 7.03. The molecule has 0 aliphatic heterocycles. The summed E-state index contributed by atoms with van der Waals surface area (Å²) in [4.78, 5) is 16.6. The van der Waals surface area contributed by atoms with Crippen molar-refractivity contribution in [1.82, 2.24) is 24.5 Å². The van der Waals surface area contributed by atoms with E-state index >= 15 is 0 Å². The highest BCUT2D eigenvalue weighted by molar-refractivity contribution is 7.07. The maximum atomic E-state index is 5.74. The lowest BCUT2D eigenvalue weighted by atomic mass is 10.1. The second-order valence-electron chi connectivity index (χ2n) is 4.67. The number of nitrogens with zero attached hydrogens (tertiary/aromatic N) is 5. The summed E-state index contributed by atoms with van der Waals surface area (Å²) in [6, 6.07) is 2.30. The normalized spacial score (nSPS) is 12.2. The summed E-state index contributed by atoms with van der Waals surface area (Å²) in [5.74, 6) is 1.10. The van der Waals surface area contributed by atoms with Gasteiger partial charge in [0.25, 0.3) is 0 Å². The first-order chi connectivity index (χ1) is 10.2. The molecule has 0 aromatic carbocycles. The Hall–Kier alpha value is -2.48. The number of hydrogen-bond donors (Lipinski definition) is 2. The third kappa shape index (κ3) is 3.34. The van der Waals surface area contributed by atoms with E-state index < -0.39 is 0 Å². The van der Waals surface area contributed by atoms with Gasteiger partial charge in [0.2, 0.25) is 17.8 Å². The molecule has 3 aromatic rings. The van der Waals surface area contributed by atoms with Crippen molar-refractivity contribution in [1.29, 1.82) is 0 Å². The van der Waals surface area contributed by atoms with E-state index in [0.29, 0.717) is 11.9 Å². The summed E-state index contributed by atoms with van der Waals surface area (Å²) >= 11 is 1.69. The van der Waals surface area contributed by atoms with Gasteiger partial charge in [-0.1, -0.05) is 0 Å². The smallest absolute Gasteiger partial charge is 0.241 e. The number of imidazole rings is 1. The van der Waals surface area contributed by atoms with Crippen molar-refractivity contribution in [3.05, 3.63) is 41.1 Å². The van der Waals surface area contributed by atoms with Crippen molar-refractivity contribution in [3.63, 3.8) is 0 Å². The molecule has 7 nitrogen and oxygen atoms in total. The molecular weight excluding hydrogens is 286 g/mol. The molecule has 0 saturated carbocycles. The molecule has 0 aliphatic carbocycles. The van der Waals surface area contributed by atoms with Crippen LogP contribution < -0.4 is 11.1 Å². The Bertz CT molecular complexity index is 693. The zero-order valence-electron chi connectivity index (χ0n) is 11.5. The van der Waals surface area contributed by atoms with Crippen LogP contribution in [0.2, 0.25) is 0 Å². The van der Waals surface area contributed by atoms with Gasteiger partial charge in [-0.15, -0.1) is 0 Å². The van der Waals surface area contributed by atoms with Gasteiger partial charge in [-0.3, -0.25) is 4.57 Å². The van der Waals surface area contributed by atoms with Crippen LogP contribution in [0.5, 0.6) is 0 Å². The molecule has 0 spiro atoms. The van der Waals surface area contributed by atoms with Gasteiger partial charge in [0.15, 0.2) is 0 Å². The largest absolute Gasteiger partial charge is 0.368 e. The van der Waals surface area contributed by atoms with Crippen LogP contribution in [0.1, 0.15) is 12.5 Å². The average molecular weight is 301 g/mol. The standard InChI is InChI=1S/C13H15N7S/c1-9(6-10-2-5-21-7-10)16-12-17-11(14)18-13(19-12)20-4-3-15-8-20/h2-5,7-9H,6H2,1H3,(H3,14,16,17,18,19). The number of nitrogen functional groups attached to an aromatic ring is 1. The van der Waals surface area contributed by atoms with Crippen LogP contribution >= 0.6 is 11.3 Å². The number of hydrogen-bond acceptors (Lipinski definition) is 7. The maximum Gasteiger partial charge on any atom is 0.241 e. The highest BCUT2D eigenvalue weighted by Gasteiger charge is 2.09. The van der Waals surface area contributed by atoms with Crippen molar-refractivity contribution in [2.45, 2.75) is 19.4 Å². The third-order valence-corrected chi connectivity index (χ3v) is 3.61. The van der Waals surface area contributed by atoms with E-state index in [1.165, 1.54) is 5.56 Å². The minimum Gasteiger partial charge on any atom is -0.368 e. The zero-order chi connectivity index (χ0) is 14.7. The van der Waals surface area contributed by atoms with Crippen LogP contribution in [0.4, 0.5) is 11.9 Å². The first-order valence-corrected chi connectivity index (χ1v) is 7.42. The summed E-state index contributed by atoms with van der Waals surface area (Å²) in [5, 5.41) is 7.46. The van der Waals surface area contributed by atoms with Crippen molar-refractivity contribution < 1.29 is 0 Å². The van der Waals surface area contributed by atoms with Gasteiger partial charge >= 0.3 is 0 Å². The minimum atomic E-state index is 0.180.